The highest BCUT2D eigenvalue weighted by Gasteiger charge is 2.31. The standard InChI is InChI=1S/C14H4F10S/c15-4-1-3(2-5(16)7(18)8(19)6(4)17)25-14-12(23)10(21)9(20)11(22)13(14)24/h1,3H,2H2/b4-1-,7-5+,8-6-/t3-/m0/s1. The molecule has 136 valence electrons. The quantitative estimate of drug-likeness (QED) is 0.318. The van der Waals surface area contributed by atoms with Crippen LogP contribution >= 0.6 is 11.8 Å². The van der Waals surface area contributed by atoms with E-state index < -0.39 is 74.8 Å². The van der Waals surface area contributed by atoms with Crippen LogP contribution in [0.25, 0.3) is 0 Å². The van der Waals surface area contributed by atoms with E-state index in [-0.39, 0.29) is 17.8 Å². The summed E-state index contributed by atoms with van der Waals surface area (Å²) in [5.74, 6) is -22.8. The fourth-order valence-corrected chi connectivity index (χ4v) is 2.90. The summed E-state index contributed by atoms with van der Waals surface area (Å²) in [6.45, 7) is 0. The van der Waals surface area contributed by atoms with Crippen molar-refractivity contribution in [3.05, 3.63) is 64.3 Å². The molecule has 0 N–H and O–H groups in total. The van der Waals surface area contributed by atoms with Crippen LogP contribution in [-0.4, -0.2) is 5.25 Å². The Morgan fingerprint density at radius 2 is 1.12 bits per heavy atom. The van der Waals surface area contributed by atoms with Crippen LogP contribution in [0.2, 0.25) is 0 Å². The molecule has 2 rings (SSSR count). The summed E-state index contributed by atoms with van der Waals surface area (Å²) < 4.78 is 133. The first-order chi connectivity index (χ1) is 11.6. The molecule has 0 aromatic heterocycles. The third kappa shape index (κ3) is 3.55. The summed E-state index contributed by atoms with van der Waals surface area (Å²) in [5, 5.41) is -1.84. The average molecular weight is 394 g/mol. The van der Waals surface area contributed by atoms with Crippen LogP contribution in [0.1, 0.15) is 6.42 Å². The molecule has 1 aliphatic carbocycles. The van der Waals surface area contributed by atoms with Crippen molar-refractivity contribution in [2.75, 3.05) is 0 Å². The van der Waals surface area contributed by atoms with Crippen molar-refractivity contribution >= 4 is 11.8 Å². The van der Waals surface area contributed by atoms with E-state index in [9.17, 15) is 43.9 Å². The predicted octanol–water partition coefficient (Wildman–Crippen LogP) is 6.40. The van der Waals surface area contributed by atoms with Gasteiger partial charge in [0.25, 0.3) is 0 Å². The molecule has 1 aromatic carbocycles. The van der Waals surface area contributed by atoms with Crippen LogP contribution in [0.3, 0.4) is 0 Å². The molecule has 1 aliphatic rings. The van der Waals surface area contributed by atoms with Gasteiger partial charge in [-0.3, -0.25) is 0 Å². The van der Waals surface area contributed by atoms with Crippen LogP contribution in [0.5, 0.6) is 0 Å². The second-order valence-corrected chi connectivity index (χ2v) is 5.87. The van der Waals surface area contributed by atoms with Crippen LogP contribution in [0.15, 0.2) is 40.1 Å². The minimum atomic E-state index is -2.45. The summed E-state index contributed by atoms with van der Waals surface area (Å²) in [6.07, 6.45) is -1.10. The minimum absolute atomic E-state index is 0.129. The van der Waals surface area contributed by atoms with Gasteiger partial charge in [0.05, 0.1) is 4.90 Å². The van der Waals surface area contributed by atoms with E-state index in [0.717, 1.165) is 0 Å². The molecule has 0 amide bonds. The second-order valence-electron chi connectivity index (χ2n) is 4.62. The number of hydrogen-bond acceptors (Lipinski definition) is 1. The lowest BCUT2D eigenvalue weighted by atomic mass is 10.1. The Hall–Kier alpha value is -1.91. The maximum atomic E-state index is 13.6. The van der Waals surface area contributed by atoms with E-state index in [1.165, 1.54) is 0 Å². The van der Waals surface area contributed by atoms with Crippen molar-refractivity contribution in [1.82, 2.24) is 0 Å². The molecule has 1 atom stereocenters. The zero-order chi connectivity index (χ0) is 19.0. The third-order valence-corrected chi connectivity index (χ3v) is 4.18. The lowest BCUT2D eigenvalue weighted by Crippen LogP contribution is -2.09. The molecule has 0 unspecified atom stereocenters. The minimum Gasteiger partial charge on any atom is -0.208 e. The molecule has 25 heavy (non-hydrogen) atoms. The van der Waals surface area contributed by atoms with Crippen LogP contribution in [0, 0.1) is 29.1 Å². The van der Waals surface area contributed by atoms with Gasteiger partial charge in [-0.15, -0.1) is 11.8 Å². The van der Waals surface area contributed by atoms with Crippen LogP contribution < -0.4 is 0 Å². The van der Waals surface area contributed by atoms with Crippen molar-refractivity contribution in [2.45, 2.75) is 16.6 Å². The summed E-state index contributed by atoms with van der Waals surface area (Å²) >= 11 is -0.275. The largest absolute Gasteiger partial charge is 0.208 e. The molecular formula is C14H4F10S. The zero-order valence-electron chi connectivity index (χ0n) is 11.5. The van der Waals surface area contributed by atoms with Crippen molar-refractivity contribution in [3.8, 4) is 0 Å². The Bertz CT molecular complexity index is 794. The van der Waals surface area contributed by atoms with Gasteiger partial charge in [-0.2, -0.15) is 0 Å². The molecular weight excluding hydrogens is 390 g/mol. The van der Waals surface area contributed by atoms with Crippen LogP contribution in [0.4, 0.5) is 43.9 Å². The molecule has 0 spiro atoms. The smallest absolute Gasteiger partial charge is 0.200 e. The number of hydrogen-bond donors (Lipinski definition) is 0. The molecule has 0 bridgehead atoms. The van der Waals surface area contributed by atoms with Gasteiger partial charge in [0.15, 0.2) is 46.6 Å². The lowest BCUT2D eigenvalue weighted by Gasteiger charge is -2.16. The Morgan fingerprint density at radius 3 is 1.64 bits per heavy atom. The number of allylic oxidation sites excluding steroid dienone is 5. The predicted molar refractivity (Wildman–Crippen MR) is 68.2 cm³/mol. The Morgan fingerprint density at radius 1 is 0.640 bits per heavy atom. The monoisotopic (exact) mass is 394 g/mol. The van der Waals surface area contributed by atoms with E-state index in [0.29, 0.717) is 0 Å². The fraction of sp³-hybridized carbons (Fsp3) is 0.143. The Balaban J connectivity index is 2.52. The van der Waals surface area contributed by atoms with Crippen molar-refractivity contribution in [2.24, 2.45) is 0 Å². The van der Waals surface area contributed by atoms with Gasteiger partial charge in [-0.1, -0.05) is 0 Å². The van der Waals surface area contributed by atoms with E-state index in [2.05, 4.69) is 0 Å². The Labute approximate surface area is 137 Å². The van der Waals surface area contributed by atoms with Crippen LogP contribution in [-0.2, 0) is 0 Å². The van der Waals surface area contributed by atoms with Gasteiger partial charge >= 0.3 is 0 Å². The van der Waals surface area contributed by atoms with E-state index in [1.807, 2.05) is 0 Å². The summed E-state index contributed by atoms with van der Waals surface area (Å²) in [6, 6.07) is 0. The molecule has 0 fully saturated rings. The first kappa shape index (κ1) is 19.4. The maximum absolute atomic E-state index is 13.6. The normalized spacial score (nSPS) is 27.0. The van der Waals surface area contributed by atoms with Crippen molar-refractivity contribution in [3.63, 3.8) is 0 Å². The lowest BCUT2D eigenvalue weighted by molar-refractivity contribution is 0.360. The molecule has 0 nitrogen and oxygen atoms in total. The summed E-state index contributed by atoms with van der Waals surface area (Å²) in [7, 11) is 0. The number of halogens is 10. The van der Waals surface area contributed by atoms with Crippen molar-refractivity contribution < 1.29 is 43.9 Å². The molecule has 0 saturated carbocycles. The first-order valence-corrected chi connectivity index (χ1v) is 7.09. The Kier molecular flexibility index (Phi) is 5.55. The first-order valence-electron chi connectivity index (χ1n) is 6.21. The summed E-state index contributed by atoms with van der Waals surface area (Å²) in [4.78, 5) is -1.51. The van der Waals surface area contributed by atoms with Gasteiger partial charge in [-0.05, 0) is 6.08 Å². The van der Waals surface area contributed by atoms with Gasteiger partial charge in [0.1, 0.15) is 5.83 Å². The SMILES string of the molecule is FC1=C\[C@H](Sc2c(F)c(F)c(F)c(F)c2F)C/C(F)=C(F)/C(F)=C\1F. The van der Waals surface area contributed by atoms with E-state index >= 15 is 0 Å². The van der Waals surface area contributed by atoms with Gasteiger partial charge in [-0.25, -0.2) is 43.9 Å². The molecule has 0 saturated heterocycles. The van der Waals surface area contributed by atoms with Gasteiger partial charge < -0.3 is 0 Å². The molecule has 1 aromatic rings. The highest BCUT2D eigenvalue weighted by atomic mass is 32.2. The highest BCUT2D eigenvalue weighted by Crippen LogP contribution is 2.40. The third-order valence-electron chi connectivity index (χ3n) is 2.98. The van der Waals surface area contributed by atoms with Crippen molar-refractivity contribution in [1.29, 1.82) is 0 Å². The van der Waals surface area contributed by atoms with Gasteiger partial charge in [0.2, 0.25) is 5.82 Å². The maximum Gasteiger partial charge on any atom is 0.200 e. The molecule has 0 radical (unpaired) electrons. The number of thioether (sulfide) groups is 1. The zero-order valence-corrected chi connectivity index (χ0v) is 12.4. The fourth-order valence-electron chi connectivity index (χ4n) is 1.80. The number of benzene rings is 1. The summed E-state index contributed by atoms with van der Waals surface area (Å²) in [5.41, 5.74) is 0. The van der Waals surface area contributed by atoms with Gasteiger partial charge in [0, 0.05) is 11.7 Å². The second kappa shape index (κ2) is 7.14. The van der Waals surface area contributed by atoms with E-state index in [1.54, 1.807) is 0 Å². The topological polar surface area (TPSA) is 0 Å². The molecule has 0 aliphatic heterocycles. The average Bonchev–Trinajstić information content (AvgIpc) is 2.58. The molecule has 11 heteroatoms. The number of rotatable bonds is 2. The molecule has 0 heterocycles. The highest BCUT2D eigenvalue weighted by molar-refractivity contribution is 8.00. The van der Waals surface area contributed by atoms with E-state index in [4.69, 9.17) is 0 Å².